The Morgan fingerprint density at radius 2 is 1.95 bits per heavy atom. The summed E-state index contributed by atoms with van der Waals surface area (Å²) >= 11 is 1.55. The number of hydrogen-bond donors (Lipinski definition) is 0. The van der Waals surface area contributed by atoms with Crippen molar-refractivity contribution < 1.29 is 4.79 Å². The van der Waals surface area contributed by atoms with Crippen molar-refractivity contribution in [3.63, 3.8) is 0 Å². The van der Waals surface area contributed by atoms with E-state index in [1.807, 2.05) is 0 Å². The molecule has 114 valence electrons. The van der Waals surface area contributed by atoms with Crippen molar-refractivity contribution in [3.8, 4) is 0 Å². The third kappa shape index (κ3) is 4.05. The summed E-state index contributed by atoms with van der Waals surface area (Å²) in [6, 6.07) is 0.469. The van der Waals surface area contributed by atoms with Crippen LogP contribution in [0.15, 0.2) is 0 Å². The fourth-order valence-electron chi connectivity index (χ4n) is 2.14. The smallest absolute Gasteiger partial charge is 0.186 e. The molecule has 0 bridgehead atoms. The number of thiazole rings is 1. The van der Waals surface area contributed by atoms with E-state index in [2.05, 4.69) is 39.5 Å². The molecule has 0 aliphatic rings. The second-order valence-electron chi connectivity index (χ2n) is 5.48. The molecule has 0 aliphatic heterocycles. The third-order valence-corrected chi connectivity index (χ3v) is 5.01. The van der Waals surface area contributed by atoms with Gasteiger partial charge in [0, 0.05) is 12.6 Å². The van der Waals surface area contributed by atoms with Crippen LogP contribution in [0, 0.1) is 0 Å². The maximum Gasteiger partial charge on any atom is 0.186 e. The second kappa shape index (κ2) is 8.40. The molecule has 0 fully saturated rings. The first-order valence-electron chi connectivity index (χ1n) is 7.81. The molecule has 0 saturated heterocycles. The van der Waals surface area contributed by atoms with Crippen LogP contribution in [0.5, 0.6) is 0 Å². The van der Waals surface area contributed by atoms with Gasteiger partial charge in [0.25, 0.3) is 0 Å². The summed E-state index contributed by atoms with van der Waals surface area (Å²) in [4.78, 5) is 19.2. The first-order chi connectivity index (χ1) is 9.58. The van der Waals surface area contributed by atoms with Crippen LogP contribution in [0.25, 0.3) is 0 Å². The molecule has 0 saturated carbocycles. The third-order valence-electron chi connectivity index (χ3n) is 3.98. The topological polar surface area (TPSA) is 33.2 Å². The van der Waals surface area contributed by atoms with Crippen molar-refractivity contribution in [2.24, 2.45) is 0 Å². The Kier molecular flexibility index (Phi) is 7.20. The average molecular weight is 296 g/mol. The molecule has 0 N–H and O–H groups in total. The molecule has 0 aromatic carbocycles. The number of carbonyl (C=O) groups excluding carboxylic acids is 1. The van der Waals surface area contributed by atoms with Crippen LogP contribution in [0.2, 0.25) is 0 Å². The maximum atomic E-state index is 11.3. The number of aldehydes is 1. The highest BCUT2D eigenvalue weighted by Gasteiger charge is 2.21. The fraction of sp³-hybridized carbons (Fsp3) is 0.750. The van der Waals surface area contributed by atoms with Crippen LogP contribution < -0.4 is 4.90 Å². The number of hydrogen-bond acceptors (Lipinski definition) is 4. The van der Waals surface area contributed by atoms with Crippen molar-refractivity contribution >= 4 is 22.8 Å². The number of anilines is 1. The highest BCUT2D eigenvalue weighted by molar-refractivity contribution is 7.17. The fourth-order valence-corrected chi connectivity index (χ4v) is 3.27. The lowest BCUT2D eigenvalue weighted by atomic mass is 10.0. The van der Waals surface area contributed by atoms with E-state index in [0.29, 0.717) is 12.0 Å². The zero-order chi connectivity index (χ0) is 15.1. The van der Waals surface area contributed by atoms with Crippen LogP contribution in [0.1, 0.15) is 81.6 Å². The normalized spacial score (nSPS) is 14.1. The molecule has 3 nitrogen and oxygen atoms in total. The summed E-state index contributed by atoms with van der Waals surface area (Å²) in [6.07, 6.45) is 5.42. The van der Waals surface area contributed by atoms with Crippen molar-refractivity contribution in [1.82, 2.24) is 4.98 Å². The van der Waals surface area contributed by atoms with Crippen molar-refractivity contribution in [1.29, 1.82) is 0 Å². The van der Waals surface area contributed by atoms with Crippen LogP contribution >= 0.6 is 11.3 Å². The van der Waals surface area contributed by atoms with Gasteiger partial charge in [-0.15, -0.1) is 0 Å². The molecule has 4 heteroatoms. The Hall–Kier alpha value is -0.900. The van der Waals surface area contributed by atoms with Gasteiger partial charge in [0.15, 0.2) is 11.4 Å². The predicted octanol–water partition coefficient (Wildman–Crippen LogP) is 4.87. The van der Waals surface area contributed by atoms with Gasteiger partial charge in [-0.05, 0) is 32.1 Å². The molecule has 0 aliphatic carbocycles. The molecule has 2 atom stereocenters. The molecular formula is C16H28N2OS. The van der Waals surface area contributed by atoms with E-state index in [9.17, 15) is 4.79 Å². The number of nitrogens with zero attached hydrogens (tertiary/aromatic N) is 2. The van der Waals surface area contributed by atoms with Gasteiger partial charge in [-0.2, -0.15) is 0 Å². The molecule has 0 amide bonds. The van der Waals surface area contributed by atoms with Gasteiger partial charge >= 0.3 is 0 Å². The SMILES string of the molecule is CCCCN(c1nc(C(C)CC)c(C=O)s1)C(C)CC. The lowest BCUT2D eigenvalue weighted by Crippen LogP contribution is -2.33. The maximum absolute atomic E-state index is 11.3. The Morgan fingerprint density at radius 1 is 1.25 bits per heavy atom. The van der Waals surface area contributed by atoms with Crippen LogP contribution in [0.3, 0.4) is 0 Å². The zero-order valence-corrected chi connectivity index (χ0v) is 14.3. The summed E-state index contributed by atoms with van der Waals surface area (Å²) in [5, 5.41) is 1.02. The monoisotopic (exact) mass is 296 g/mol. The predicted molar refractivity (Wildman–Crippen MR) is 88.2 cm³/mol. The van der Waals surface area contributed by atoms with Gasteiger partial charge < -0.3 is 4.90 Å². The molecule has 2 unspecified atom stereocenters. The van der Waals surface area contributed by atoms with E-state index in [1.165, 1.54) is 12.8 Å². The Balaban J connectivity index is 3.06. The van der Waals surface area contributed by atoms with Crippen molar-refractivity contribution in [3.05, 3.63) is 10.6 Å². The Labute approximate surface area is 127 Å². The molecule has 1 heterocycles. The summed E-state index contributed by atoms with van der Waals surface area (Å²) in [6.45, 7) is 12.0. The average Bonchev–Trinajstić information content (AvgIpc) is 2.90. The Bertz CT molecular complexity index is 417. The molecule has 0 spiro atoms. The van der Waals surface area contributed by atoms with Crippen LogP contribution in [0.4, 0.5) is 5.13 Å². The summed E-state index contributed by atoms with van der Waals surface area (Å²) in [7, 11) is 0. The second-order valence-corrected chi connectivity index (χ2v) is 6.49. The van der Waals surface area contributed by atoms with Crippen molar-refractivity contribution in [2.75, 3.05) is 11.4 Å². The quantitative estimate of drug-likeness (QED) is 0.609. The molecular weight excluding hydrogens is 268 g/mol. The molecule has 1 rings (SSSR count). The van der Waals surface area contributed by atoms with Gasteiger partial charge in [-0.1, -0.05) is 45.5 Å². The number of aromatic nitrogens is 1. The highest BCUT2D eigenvalue weighted by atomic mass is 32.1. The number of unbranched alkanes of at least 4 members (excludes halogenated alkanes) is 1. The summed E-state index contributed by atoms with van der Waals surface area (Å²) in [5.41, 5.74) is 0.979. The van der Waals surface area contributed by atoms with E-state index in [1.54, 1.807) is 11.3 Å². The standard InChI is InChI=1S/C16H28N2OS/c1-6-9-10-18(13(5)8-3)16-17-15(12(4)7-2)14(11-19)20-16/h11-13H,6-10H2,1-5H3. The molecule has 20 heavy (non-hydrogen) atoms. The van der Waals surface area contributed by atoms with Crippen molar-refractivity contribution in [2.45, 2.75) is 72.3 Å². The number of rotatable bonds is 9. The number of carbonyl (C=O) groups is 1. The van der Waals surface area contributed by atoms with E-state index >= 15 is 0 Å². The first-order valence-corrected chi connectivity index (χ1v) is 8.63. The Morgan fingerprint density at radius 3 is 2.45 bits per heavy atom. The van der Waals surface area contributed by atoms with Crippen LogP contribution in [-0.4, -0.2) is 23.9 Å². The minimum atomic E-state index is 0.352. The van der Waals surface area contributed by atoms with E-state index < -0.39 is 0 Å². The molecule has 1 aromatic rings. The summed E-state index contributed by atoms with van der Waals surface area (Å²) < 4.78 is 0. The zero-order valence-electron chi connectivity index (χ0n) is 13.5. The van der Waals surface area contributed by atoms with Gasteiger partial charge in [0.2, 0.25) is 0 Å². The largest absolute Gasteiger partial charge is 0.345 e. The minimum absolute atomic E-state index is 0.352. The molecule has 1 aromatic heterocycles. The van der Waals surface area contributed by atoms with Crippen LogP contribution in [-0.2, 0) is 0 Å². The van der Waals surface area contributed by atoms with Gasteiger partial charge in [0.05, 0.1) is 10.6 Å². The van der Waals surface area contributed by atoms with E-state index in [-0.39, 0.29) is 0 Å². The minimum Gasteiger partial charge on any atom is -0.345 e. The van der Waals surface area contributed by atoms with Gasteiger partial charge in [0.1, 0.15) is 0 Å². The lowest BCUT2D eigenvalue weighted by molar-refractivity contribution is 0.112. The summed E-state index contributed by atoms with van der Waals surface area (Å²) in [5.74, 6) is 0.352. The van der Waals surface area contributed by atoms with E-state index in [4.69, 9.17) is 4.98 Å². The molecule has 0 radical (unpaired) electrons. The van der Waals surface area contributed by atoms with Gasteiger partial charge in [-0.25, -0.2) is 4.98 Å². The van der Waals surface area contributed by atoms with E-state index in [0.717, 1.165) is 41.4 Å². The highest BCUT2D eigenvalue weighted by Crippen LogP contribution is 2.32. The first kappa shape index (κ1) is 17.2. The van der Waals surface area contributed by atoms with Gasteiger partial charge in [-0.3, -0.25) is 4.79 Å². The lowest BCUT2D eigenvalue weighted by Gasteiger charge is -2.28.